The van der Waals surface area contributed by atoms with E-state index in [2.05, 4.69) is 37.3 Å². The smallest absolute Gasteiger partial charge is 0.150 e. The van der Waals surface area contributed by atoms with Crippen molar-refractivity contribution in [1.82, 2.24) is 4.98 Å². The Bertz CT molecular complexity index is 775. The molecule has 3 heterocycles. The molecule has 2 aromatic rings. The van der Waals surface area contributed by atoms with Crippen LogP contribution in [0.25, 0.3) is 11.3 Å². The molecule has 4 heteroatoms. The summed E-state index contributed by atoms with van der Waals surface area (Å²) in [4.78, 5) is 8.17. The van der Waals surface area contributed by atoms with E-state index in [0.29, 0.717) is 5.75 Å². The number of likely N-dealkylation sites (tertiary alicyclic amines) is 2. The molecule has 0 atom stereocenters. The van der Waals surface area contributed by atoms with Crippen LogP contribution in [0.5, 0.6) is 5.75 Å². The van der Waals surface area contributed by atoms with Gasteiger partial charge in [0, 0.05) is 5.56 Å². The van der Waals surface area contributed by atoms with Gasteiger partial charge in [0.15, 0.2) is 5.75 Å². The number of hydrogen-bond donors (Lipinski definition) is 3. The first-order chi connectivity index (χ1) is 13.7. The van der Waals surface area contributed by atoms with Gasteiger partial charge >= 0.3 is 0 Å². The van der Waals surface area contributed by atoms with E-state index in [4.69, 9.17) is 4.98 Å². The van der Waals surface area contributed by atoms with Crippen LogP contribution in [0.1, 0.15) is 55.3 Å². The van der Waals surface area contributed by atoms with E-state index >= 15 is 0 Å². The van der Waals surface area contributed by atoms with Crippen molar-refractivity contribution in [3.63, 3.8) is 0 Å². The molecule has 0 bridgehead atoms. The molecule has 3 N–H and O–H groups in total. The minimum Gasteiger partial charge on any atom is -0.505 e. The van der Waals surface area contributed by atoms with Crippen molar-refractivity contribution < 1.29 is 14.9 Å². The van der Waals surface area contributed by atoms with Crippen molar-refractivity contribution in [3.8, 4) is 17.0 Å². The Balaban J connectivity index is 1.65. The number of hydrogen-bond acceptors (Lipinski definition) is 2. The minimum absolute atomic E-state index is 0.388. The summed E-state index contributed by atoms with van der Waals surface area (Å²) in [7, 11) is 0. The Morgan fingerprint density at radius 1 is 0.821 bits per heavy atom. The van der Waals surface area contributed by atoms with Gasteiger partial charge in [-0.2, -0.15) is 0 Å². The second kappa shape index (κ2) is 9.06. The highest BCUT2D eigenvalue weighted by Crippen LogP contribution is 2.31. The molecular formula is C24H35N3O+2. The molecule has 1 aromatic heterocycles. The van der Waals surface area contributed by atoms with E-state index < -0.39 is 0 Å². The van der Waals surface area contributed by atoms with Gasteiger partial charge in [0.05, 0.1) is 37.4 Å². The van der Waals surface area contributed by atoms with Gasteiger partial charge in [0.2, 0.25) is 0 Å². The van der Waals surface area contributed by atoms with Crippen molar-refractivity contribution >= 4 is 0 Å². The van der Waals surface area contributed by atoms with Crippen LogP contribution in [-0.2, 0) is 13.1 Å². The summed E-state index contributed by atoms with van der Waals surface area (Å²) in [6, 6.07) is 10.6. The van der Waals surface area contributed by atoms with Gasteiger partial charge in [-0.15, -0.1) is 0 Å². The summed E-state index contributed by atoms with van der Waals surface area (Å²) in [5, 5.41) is 11.1. The van der Waals surface area contributed by atoms with E-state index in [9.17, 15) is 5.11 Å². The molecule has 2 aliphatic heterocycles. The topological polar surface area (TPSA) is 42.0 Å². The molecule has 0 saturated carbocycles. The minimum atomic E-state index is 0.388. The summed E-state index contributed by atoms with van der Waals surface area (Å²) < 4.78 is 0. The molecule has 2 aliphatic rings. The third-order valence-electron chi connectivity index (χ3n) is 6.44. The van der Waals surface area contributed by atoms with Crippen LogP contribution in [0.2, 0.25) is 0 Å². The Hall–Kier alpha value is -1.91. The highest BCUT2D eigenvalue weighted by molar-refractivity contribution is 5.68. The Labute approximate surface area is 169 Å². The monoisotopic (exact) mass is 381 g/mol. The normalized spacial score (nSPS) is 19.0. The van der Waals surface area contributed by atoms with Crippen molar-refractivity contribution in [2.75, 3.05) is 26.2 Å². The molecule has 1 aromatic carbocycles. The third kappa shape index (κ3) is 4.73. The van der Waals surface area contributed by atoms with Gasteiger partial charge < -0.3 is 14.9 Å². The van der Waals surface area contributed by atoms with E-state index in [0.717, 1.165) is 35.6 Å². The predicted octanol–water partition coefficient (Wildman–Crippen LogP) is 1.90. The summed E-state index contributed by atoms with van der Waals surface area (Å²) in [6.45, 7) is 8.91. The zero-order valence-corrected chi connectivity index (χ0v) is 17.3. The maximum Gasteiger partial charge on any atom is 0.150 e. The molecule has 4 nitrogen and oxygen atoms in total. The fourth-order valence-electron chi connectivity index (χ4n) is 4.77. The van der Waals surface area contributed by atoms with Crippen LogP contribution in [0.3, 0.4) is 0 Å². The molecular weight excluding hydrogens is 346 g/mol. The summed E-state index contributed by atoms with van der Waals surface area (Å²) in [5.74, 6) is 0.388. The number of aromatic nitrogens is 1. The molecule has 0 spiro atoms. The lowest BCUT2D eigenvalue weighted by Crippen LogP contribution is -3.11. The molecule has 2 fully saturated rings. The number of rotatable bonds is 5. The maximum atomic E-state index is 11.1. The molecule has 2 saturated heterocycles. The molecule has 0 amide bonds. The fraction of sp³-hybridized carbons (Fsp3) is 0.542. The van der Waals surface area contributed by atoms with Crippen LogP contribution in [0.15, 0.2) is 30.3 Å². The Morgan fingerprint density at radius 3 is 2.00 bits per heavy atom. The number of aryl methyl sites for hydroxylation is 1. The number of aromatic hydroxyl groups is 1. The van der Waals surface area contributed by atoms with Gasteiger partial charge in [-0.1, -0.05) is 29.8 Å². The van der Waals surface area contributed by atoms with Crippen LogP contribution >= 0.6 is 0 Å². The van der Waals surface area contributed by atoms with Crippen molar-refractivity contribution in [2.24, 2.45) is 0 Å². The quantitative estimate of drug-likeness (QED) is 0.741. The van der Waals surface area contributed by atoms with Crippen LogP contribution < -0.4 is 9.80 Å². The highest BCUT2D eigenvalue weighted by Gasteiger charge is 2.22. The molecule has 4 rings (SSSR count). The van der Waals surface area contributed by atoms with Crippen LogP contribution in [-0.4, -0.2) is 36.3 Å². The zero-order valence-electron chi connectivity index (χ0n) is 17.3. The second-order valence-corrected chi connectivity index (χ2v) is 8.81. The lowest BCUT2D eigenvalue weighted by Gasteiger charge is -2.25. The third-order valence-corrected chi connectivity index (χ3v) is 6.44. The second-order valence-electron chi connectivity index (χ2n) is 8.81. The number of nitrogens with zero attached hydrogens (tertiary/aromatic N) is 1. The van der Waals surface area contributed by atoms with Crippen LogP contribution in [0.4, 0.5) is 0 Å². The standard InChI is InChI=1S/C24H33N3O/c1-19-8-10-20(11-9-19)23-24(28)21(17-26-12-4-2-5-13-26)16-22(25-23)18-27-14-6-3-7-15-27/h8-11,16,28H,2-7,12-15,17-18H2,1H3/p+2. The van der Waals surface area contributed by atoms with Crippen molar-refractivity contribution in [3.05, 3.63) is 47.2 Å². The largest absolute Gasteiger partial charge is 0.505 e. The maximum absolute atomic E-state index is 11.1. The number of quaternary nitrogens is 2. The van der Waals surface area contributed by atoms with Crippen LogP contribution in [0, 0.1) is 6.92 Å². The van der Waals surface area contributed by atoms with Gasteiger partial charge in [-0.25, -0.2) is 4.98 Å². The van der Waals surface area contributed by atoms with Crippen molar-refractivity contribution in [2.45, 2.75) is 58.5 Å². The first-order valence-electron chi connectivity index (χ1n) is 11.1. The van der Waals surface area contributed by atoms with E-state index in [-0.39, 0.29) is 0 Å². The molecule has 0 unspecified atom stereocenters. The lowest BCUT2D eigenvalue weighted by molar-refractivity contribution is -0.919. The summed E-state index contributed by atoms with van der Waals surface area (Å²) in [6.07, 6.45) is 7.97. The van der Waals surface area contributed by atoms with E-state index in [1.165, 1.54) is 70.3 Å². The predicted molar refractivity (Wildman–Crippen MR) is 113 cm³/mol. The van der Waals surface area contributed by atoms with Gasteiger partial charge in [0.25, 0.3) is 0 Å². The van der Waals surface area contributed by atoms with E-state index in [1.807, 2.05) is 0 Å². The molecule has 0 radical (unpaired) electrons. The first-order valence-corrected chi connectivity index (χ1v) is 11.1. The van der Waals surface area contributed by atoms with Gasteiger partial charge in [-0.3, -0.25) is 0 Å². The zero-order chi connectivity index (χ0) is 19.3. The van der Waals surface area contributed by atoms with E-state index in [1.54, 1.807) is 9.80 Å². The van der Waals surface area contributed by atoms with Gasteiger partial charge in [0.1, 0.15) is 18.8 Å². The number of piperidine rings is 2. The first kappa shape index (κ1) is 19.4. The Kier molecular flexibility index (Phi) is 6.28. The Morgan fingerprint density at radius 2 is 1.39 bits per heavy atom. The fourth-order valence-corrected chi connectivity index (χ4v) is 4.77. The SMILES string of the molecule is Cc1ccc(-c2nc(C[NH+]3CCCCC3)cc(C[NH+]3CCCCC3)c2O)cc1. The molecule has 28 heavy (non-hydrogen) atoms. The number of pyridine rings is 1. The van der Waals surface area contributed by atoms with Gasteiger partial charge in [-0.05, 0) is 51.5 Å². The molecule has 150 valence electrons. The number of benzene rings is 1. The highest BCUT2D eigenvalue weighted by atomic mass is 16.3. The average molecular weight is 382 g/mol. The average Bonchev–Trinajstić information content (AvgIpc) is 2.72. The molecule has 0 aliphatic carbocycles. The summed E-state index contributed by atoms with van der Waals surface area (Å²) in [5.41, 5.74) is 5.23. The summed E-state index contributed by atoms with van der Waals surface area (Å²) >= 11 is 0. The number of nitrogens with one attached hydrogen (secondary N) is 2. The lowest BCUT2D eigenvalue weighted by atomic mass is 10.0. The van der Waals surface area contributed by atoms with Crippen molar-refractivity contribution in [1.29, 1.82) is 0 Å².